The molecule has 1 aromatic rings. The zero-order valence-electron chi connectivity index (χ0n) is 11.5. The summed E-state index contributed by atoms with van der Waals surface area (Å²) in [6, 6.07) is 2.89. The molecule has 0 radical (unpaired) electrons. The summed E-state index contributed by atoms with van der Waals surface area (Å²) in [4.78, 5) is 34.1. The molecule has 1 aliphatic rings. The van der Waals surface area contributed by atoms with Gasteiger partial charge >= 0.3 is 5.97 Å². The molecule has 118 valence electrons. The number of carbonyl (C=O) groups is 3. The fourth-order valence-electron chi connectivity index (χ4n) is 1.58. The first-order chi connectivity index (χ1) is 10.5. The lowest BCUT2D eigenvalue weighted by atomic mass is 10.3. The average Bonchev–Trinajstić information content (AvgIpc) is 3.31. The molecule has 0 saturated heterocycles. The van der Waals surface area contributed by atoms with Crippen LogP contribution in [-0.4, -0.2) is 30.9 Å². The number of esters is 1. The number of anilines is 1. The van der Waals surface area contributed by atoms with Gasteiger partial charge in [-0.15, -0.1) is 0 Å². The van der Waals surface area contributed by atoms with Crippen molar-refractivity contribution in [2.45, 2.75) is 12.8 Å². The second-order valence-corrected chi connectivity index (χ2v) is 4.84. The lowest BCUT2D eigenvalue weighted by Gasteiger charge is -2.07. The standard InChI is InChI=1S/C14H14F2N2O4/c15-10-4-3-9(5-11(10)16)18-12(19)6-17-13(20)7-22-14(21)8-1-2-8/h3-5,8H,1-2,6-7H2,(H,17,20)(H,18,19). The number of nitrogens with one attached hydrogen (secondary N) is 2. The molecule has 1 saturated carbocycles. The Balaban J connectivity index is 1.69. The third kappa shape index (κ3) is 4.80. The molecule has 2 amide bonds. The van der Waals surface area contributed by atoms with E-state index >= 15 is 0 Å². The highest BCUT2D eigenvalue weighted by Crippen LogP contribution is 2.29. The molecule has 0 aromatic heterocycles. The van der Waals surface area contributed by atoms with Crippen LogP contribution in [0, 0.1) is 17.6 Å². The Bertz CT molecular complexity index is 603. The summed E-state index contributed by atoms with van der Waals surface area (Å²) in [5.74, 6) is -3.87. The molecule has 0 bridgehead atoms. The van der Waals surface area contributed by atoms with Gasteiger partial charge in [-0.25, -0.2) is 8.78 Å². The van der Waals surface area contributed by atoms with Crippen LogP contribution in [0.2, 0.25) is 0 Å². The molecular weight excluding hydrogens is 298 g/mol. The van der Waals surface area contributed by atoms with E-state index < -0.39 is 36.0 Å². The third-order valence-electron chi connectivity index (χ3n) is 2.91. The summed E-state index contributed by atoms with van der Waals surface area (Å²) in [5.41, 5.74) is 0.0679. The zero-order chi connectivity index (χ0) is 16.1. The van der Waals surface area contributed by atoms with Crippen molar-refractivity contribution in [3.05, 3.63) is 29.8 Å². The highest BCUT2D eigenvalue weighted by molar-refractivity contribution is 5.94. The molecule has 0 unspecified atom stereocenters. The SMILES string of the molecule is O=C(COC(=O)C1CC1)NCC(=O)Nc1ccc(F)c(F)c1. The number of hydrogen-bond acceptors (Lipinski definition) is 4. The van der Waals surface area contributed by atoms with Gasteiger partial charge in [-0.1, -0.05) is 0 Å². The van der Waals surface area contributed by atoms with Crippen LogP contribution >= 0.6 is 0 Å². The number of rotatable bonds is 6. The van der Waals surface area contributed by atoms with E-state index in [9.17, 15) is 23.2 Å². The van der Waals surface area contributed by atoms with Gasteiger partial charge in [0, 0.05) is 11.8 Å². The molecule has 0 heterocycles. The van der Waals surface area contributed by atoms with Crippen LogP contribution in [-0.2, 0) is 19.1 Å². The molecule has 0 spiro atoms. The molecule has 0 atom stereocenters. The number of benzene rings is 1. The lowest BCUT2D eigenvalue weighted by Crippen LogP contribution is -2.35. The molecule has 1 fully saturated rings. The monoisotopic (exact) mass is 312 g/mol. The molecule has 1 aromatic carbocycles. The molecule has 6 nitrogen and oxygen atoms in total. The third-order valence-corrected chi connectivity index (χ3v) is 2.91. The van der Waals surface area contributed by atoms with Crippen LogP contribution in [0.1, 0.15) is 12.8 Å². The van der Waals surface area contributed by atoms with Gasteiger partial charge in [-0.2, -0.15) is 0 Å². The van der Waals surface area contributed by atoms with Gasteiger partial charge in [-0.3, -0.25) is 14.4 Å². The number of halogens is 2. The quantitative estimate of drug-likeness (QED) is 0.767. The molecule has 2 N–H and O–H groups in total. The molecule has 8 heteroatoms. The first-order valence-electron chi connectivity index (χ1n) is 6.64. The first-order valence-corrected chi connectivity index (χ1v) is 6.64. The van der Waals surface area contributed by atoms with Crippen molar-refractivity contribution in [1.29, 1.82) is 0 Å². The van der Waals surface area contributed by atoms with Gasteiger partial charge in [0.15, 0.2) is 18.2 Å². The lowest BCUT2D eigenvalue weighted by molar-refractivity contribution is -0.149. The van der Waals surface area contributed by atoms with Crippen molar-refractivity contribution in [2.24, 2.45) is 5.92 Å². The predicted molar refractivity (Wildman–Crippen MR) is 71.7 cm³/mol. The molecule has 1 aliphatic carbocycles. The Morgan fingerprint density at radius 1 is 1.14 bits per heavy atom. The minimum absolute atomic E-state index is 0.0679. The minimum atomic E-state index is -1.09. The van der Waals surface area contributed by atoms with E-state index in [0.717, 1.165) is 25.0 Å². The summed E-state index contributed by atoms with van der Waals surface area (Å²) >= 11 is 0. The van der Waals surface area contributed by atoms with Crippen LogP contribution in [0.5, 0.6) is 0 Å². The van der Waals surface area contributed by atoms with Gasteiger partial charge < -0.3 is 15.4 Å². The minimum Gasteiger partial charge on any atom is -0.455 e. The molecule has 22 heavy (non-hydrogen) atoms. The van der Waals surface area contributed by atoms with Gasteiger partial charge in [-0.05, 0) is 25.0 Å². The maximum Gasteiger partial charge on any atom is 0.309 e. The Kier molecular flexibility index (Phi) is 5.03. The van der Waals surface area contributed by atoms with Crippen molar-refractivity contribution in [3.8, 4) is 0 Å². The Morgan fingerprint density at radius 3 is 2.50 bits per heavy atom. The Hall–Kier alpha value is -2.51. The average molecular weight is 312 g/mol. The van der Waals surface area contributed by atoms with Crippen molar-refractivity contribution in [3.63, 3.8) is 0 Å². The van der Waals surface area contributed by atoms with Gasteiger partial charge in [0.2, 0.25) is 5.91 Å². The number of amides is 2. The van der Waals surface area contributed by atoms with E-state index in [1.807, 2.05) is 0 Å². The van der Waals surface area contributed by atoms with Gasteiger partial charge in [0.1, 0.15) is 0 Å². The molecule has 2 rings (SSSR count). The van der Waals surface area contributed by atoms with Crippen LogP contribution in [0.15, 0.2) is 18.2 Å². The van der Waals surface area contributed by atoms with Crippen LogP contribution in [0.4, 0.5) is 14.5 Å². The van der Waals surface area contributed by atoms with Crippen molar-refractivity contribution >= 4 is 23.5 Å². The molecular formula is C14H14F2N2O4. The topological polar surface area (TPSA) is 84.5 Å². The van der Waals surface area contributed by atoms with Gasteiger partial charge in [0.25, 0.3) is 5.91 Å². The fourth-order valence-corrected chi connectivity index (χ4v) is 1.58. The molecule has 0 aliphatic heterocycles. The van der Waals surface area contributed by atoms with Crippen LogP contribution in [0.3, 0.4) is 0 Å². The number of carbonyl (C=O) groups excluding carboxylic acids is 3. The largest absolute Gasteiger partial charge is 0.455 e. The fraction of sp³-hybridized carbons (Fsp3) is 0.357. The van der Waals surface area contributed by atoms with Crippen molar-refractivity contribution in [1.82, 2.24) is 5.32 Å². The highest BCUT2D eigenvalue weighted by Gasteiger charge is 2.31. The smallest absolute Gasteiger partial charge is 0.309 e. The summed E-state index contributed by atoms with van der Waals surface area (Å²) in [6.07, 6.45) is 1.55. The van der Waals surface area contributed by atoms with Crippen molar-refractivity contribution < 1.29 is 27.9 Å². The Labute approximate surface area is 124 Å². The summed E-state index contributed by atoms with van der Waals surface area (Å²) in [5, 5.41) is 4.54. The van der Waals surface area contributed by atoms with Crippen molar-refractivity contribution in [2.75, 3.05) is 18.5 Å². The van der Waals surface area contributed by atoms with Crippen LogP contribution in [0.25, 0.3) is 0 Å². The van der Waals surface area contributed by atoms with Crippen LogP contribution < -0.4 is 10.6 Å². The van der Waals surface area contributed by atoms with E-state index in [-0.39, 0.29) is 18.2 Å². The number of ether oxygens (including phenoxy) is 1. The highest BCUT2D eigenvalue weighted by atomic mass is 19.2. The maximum absolute atomic E-state index is 12.9. The van der Waals surface area contributed by atoms with Gasteiger partial charge in [0.05, 0.1) is 12.5 Å². The summed E-state index contributed by atoms with van der Waals surface area (Å²) in [6.45, 7) is -0.827. The predicted octanol–water partition coefficient (Wildman–Crippen LogP) is 0.973. The number of hydrogen-bond donors (Lipinski definition) is 2. The summed E-state index contributed by atoms with van der Waals surface area (Å²) < 4.78 is 30.4. The van der Waals surface area contributed by atoms with E-state index in [2.05, 4.69) is 10.6 Å². The summed E-state index contributed by atoms with van der Waals surface area (Å²) in [7, 11) is 0. The second-order valence-electron chi connectivity index (χ2n) is 4.84. The van der Waals surface area contributed by atoms with E-state index in [4.69, 9.17) is 4.74 Å². The Morgan fingerprint density at radius 2 is 1.86 bits per heavy atom. The maximum atomic E-state index is 12.9. The van der Waals surface area contributed by atoms with E-state index in [1.54, 1.807) is 0 Å². The van der Waals surface area contributed by atoms with E-state index in [0.29, 0.717) is 0 Å². The normalized spacial score (nSPS) is 13.4. The van der Waals surface area contributed by atoms with E-state index in [1.165, 1.54) is 6.07 Å². The first kappa shape index (κ1) is 15.9. The second kappa shape index (κ2) is 6.97. The zero-order valence-corrected chi connectivity index (χ0v) is 11.5.